The Morgan fingerprint density at radius 2 is 1.52 bits per heavy atom. The first-order chi connectivity index (χ1) is 15.9. The summed E-state index contributed by atoms with van der Waals surface area (Å²) in [5, 5.41) is 0. The molecule has 2 saturated heterocycles. The molecule has 0 aromatic heterocycles. The molecule has 2 aromatic rings. The van der Waals surface area contributed by atoms with Gasteiger partial charge in [-0.2, -0.15) is 0 Å². The summed E-state index contributed by atoms with van der Waals surface area (Å²) in [5.41, 5.74) is 2.33. The first kappa shape index (κ1) is 23.4. The van der Waals surface area contributed by atoms with E-state index >= 15 is 0 Å². The SMILES string of the molecule is C=C1N(CCC)C(=O)OC12CCN(CCCC(c1ccc(F)cc1)c1ccc(F)cc1)CC2. The third-order valence-corrected chi connectivity index (χ3v) is 6.98. The predicted molar refractivity (Wildman–Crippen MR) is 125 cm³/mol. The van der Waals surface area contributed by atoms with Gasteiger partial charge < -0.3 is 9.64 Å². The van der Waals surface area contributed by atoms with E-state index in [-0.39, 0.29) is 23.6 Å². The third-order valence-electron chi connectivity index (χ3n) is 6.98. The van der Waals surface area contributed by atoms with E-state index in [4.69, 9.17) is 4.74 Å². The van der Waals surface area contributed by atoms with E-state index in [2.05, 4.69) is 11.5 Å². The maximum Gasteiger partial charge on any atom is 0.415 e. The second-order valence-electron chi connectivity index (χ2n) is 9.10. The molecular weight excluding hydrogens is 422 g/mol. The highest BCUT2D eigenvalue weighted by molar-refractivity contribution is 5.74. The van der Waals surface area contributed by atoms with E-state index in [1.165, 1.54) is 24.3 Å². The number of hydrogen-bond acceptors (Lipinski definition) is 3. The summed E-state index contributed by atoms with van der Waals surface area (Å²) in [6, 6.07) is 13.2. The normalized spacial score (nSPS) is 18.4. The van der Waals surface area contributed by atoms with Gasteiger partial charge in [-0.3, -0.25) is 4.90 Å². The van der Waals surface area contributed by atoms with Crippen molar-refractivity contribution in [3.8, 4) is 0 Å². The molecule has 1 amide bonds. The standard InChI is InChI=1S/C27H32F2N2O2/c1-3-16-31-20(2)27(33-26(31)32)14-18-30(19-15-27)17-4-5-25(21-6-10-23(28)11-7-21)22-8-12-24(29)13-9-22/h6-13,25H,2-5,14-19H2,1H3. The molecular formula is C27H32F2N2O2. The van der Waals surface area contributed by atoms with E-state index in [1.54, 1.807) is 4.90 Å². The zero-order valence-corrected chi connectivity index (χ0v) is 19.2. The number of carbonyl (C=O) groups is 1. The van der Waals surface area contributed by atoms with Crippen LogP contribution in [0.1, 0.15) is 56.1 Å². The molecule has 0 unspecified atom stereocenters. The molecule has 2 aromatic carbocycles. The van der Waals surface area contributed by atoms with Gasteiger partial charge in [0.05, 0.1) is 5.70 Å². The summed E-state index contributed by atoms with van der Waals surface area (Å²) in [6.07, 6.45) is 3.96. The van der Waals surface area contributed by atoms with Crippen molar-refractivity contribution in [3.63, 3.8) is 0 Å². The average molecular weight is 455 g/mol. The van der Waals surface area contributed by atoms with Gasteiger partial charge in [0.25, 0.3) is 0 Å². The van der Waals surface area contributed by atoms with Crippen molar-refractivity contribution in [3.05, 3.63) is 83.6 Å². The molecule has 4 nitrogen and oxygen atoms in total. The van der Waals surface area contributed by atoms with E-state index in [9.17, 15) is 13.6 Å². The first-order valence-corrected chi connectivity index (χ1v) is 11.8. The Hall–Kier alpha value is -2.73. The molecule has 6 heteroatoms. The number of carbonyl (C=O) groups excluding carboxylic acids is 1. The van der Waals surface area contributed by atoms with Gasteiger partial charge in [0, 0.05) is 38.4 Å². The highest BCUT2D eigenvalue weighted by Crippen LogP contribution is 2.40. The van der Waals surface area contributed by atoms with Crippen molar-refractivity contribution in [2.24, 2.45) is 0 Å². The summed E-state index contributed by atoms with van der Waals surface area (Å²) in [6.45, 7) is 9.50. The van der Waals surface area contributed by atoms with Gasteiger partial charge in [0.15, 0.2) is 5.60 Å². The van der Waals surface area contributed by atoms with Crippen molar-refractivity contribution >= 4 is 6.09 Å². The highest BCUT2D eigenvalue weighted by Gasteiger charge is 2.49. The second-order valence-corrected chi connectivity index (χ2v) is 9.10. The fourth-order valence-corrected chi connectivity index (χ4v) is 5.05. The number of ether oxygens (including phenoxy) is 1. The van der Waals surface area contributed by atoms with Crippen LogP contribution in [-0.2, 0) is 4.74 Å². The minimum absolute atomic E-state index is 0.0838. The lowest BCUT2D eigenvalue weighted by Crippen LogP contribution is -2.45. The molecule has 0 radical (unpaired) electrons. The molecule has 2 heterocycles. The molecule has 4 rings (SSSR count). The number of halogens is 2. The Morgan fingerprint density at radius 1 is 0.970 bits per heavy atom. The Bertz CT molecular complexity index is 921. The van der Waals surface area contributed by atoms with Gasteiger partial charge in [-0.25, -0.2) is 13.6 Å². The van der Waals surface area contributed by atoms with Crippen molar-refractivity contribution in [1.82, 2.24) is 9.80 Å². The molecule has 2 fully saturated rings. The van der Waals surface area contributed by atoms with Crippen molar-refractivity contribution in [1.29, 1.82) is 0 Å². The zero-order valence-electron chi connectivity index (χ0n) is 19.2. The molecule has 0 aliphatic carbocycles. The van der Waals surface area contributed by atoms with E-state index in [0.29, 0.717) is 6.54 Å². The lowest BCUT2D eigenvalue weighted by molar-refractivity contribution is 0.0143. The summed E-state index contributed by atoms with van der Waals surface area (Å²) in [4.78, 5) is 16.4. The average Bonchev–Trinajstić information content (AvgIpc) is 3.04. The quantitative estimate of drug-likeness (QED) is 0.484. The summed E-state index contributed by atoms with van der Waals surface area (Å²) >= 11 is 0. The Morgan fingerprint density at radius 3 is 2.03 bits per heavy atom. The molecule has 0 atom stereocenters. The number of nitrogens with zero attached hydrogens (tertiary/aromatic N) is 2. The maximum atomic E-state index is 13.4. The number of rotatable bonds is 8. The summed E-state index contributed by atoms with van der Waals surface area (Å²) < 4.78 is 32.7. The van der Waals surface area contributed by atoms with Gasteiger partial charge >= 0.3 is 6.09 Å². The van der Waals surface area contributed by atoms with Crippen LogP contribution in [0.15, 0.2) is 60.8 Å². The zero-order chi connectivity index (χ0) is 23.4. The molecule has 0 saturated carbocycles. The Balaban J connectivity index is 1.35. The van der Waals surface area contributed by atoms with Crippen LogP contribution in [0, 0.1) is 11.6 Å². The fraction of sp³-hybridized carbons (Fsp3) is 0.444. The molecule has 176 valence electrons. The molecule has 0 bridgehead atoms. The summed E-state index contributed by atoms with van der Waals surface area (Å²) in [5.74, 6) is -0.434. The number of hydrogen-bond donors (Lipinski definition) is 0. The van der Waals surface area contributed by atoms with E-state index in [0.717, 1.165) is 68.6 Å². The Kier molecular flexibility index (Phi) is 7.13. The lowest BCUT2D eigenvalue weighted by atomic mass is 9.86. The molecule has 1 spiro atoms. The monoisotopic (exact) mass is 454 g/mol. The Labute approximate surface area is 194 Å². The smallest absolute Gasteiger partial charge is 0.415 e. The number of benzene rings is 2. The van der Waals surface area contributed by atoms with Crippen molar-refractivity contribution < 1.29 is 18.3 Å². The molecule has 0 N–H and O–H groups in total. The van der Waals surface area contributed by atoms with Crippen LogP contribution in [0.3, 0.4) is 0 Å². The molecule has 2 aliphatic heterocycles. The van der Waals surface area contributed by atoms with Crippen LogP contribution < -0.4 is 0 Å². The van der Waals surface area contributed by atoms with Crippen LogP contribution >= 0.6 is 0 Å². The van der Waals surface area contributed by atoms with Crippen LogP contribution in [0.25, 0.3) is 0 Å². The van der Waals surface area contributed by atoms with Crippen LogP contribution in [0.4, 0.5) is 13.6 Å². The largest absolute Gasteiger partial charge is 0.436 e. The predicted octanol–water partition coefficient (Wildman–Crippen LogP) is 6.09. The highest BCUT2D eigenvalue weighted by atomic mass is 19.1. The fourth-order valence-electron chi connectivity index (χ4n) is 5.05. The van der Waals surface area contributed by atoms with Crippen LogP contribution in [0.2, 0.25) is 0 Å². The van der Waals surface area contributed by atoms with Gasteiger partial charge in [-0.05, 0) is 61.2 Å². The van der Waals surface area contributed by atoms with Crippen molar-refractivity contribution in [2.45, 2.75) is 50.5 Å². The first-order valence-electron chi connectivity index (χ1n) is 11.8. The molecule has 33 heavy (non-hydrogen) atoms. The van der Waals surface area contributed by atoms with Gasteiger partial charge in [-0.15, -0.1) is 0 Å². The van der Waals surface area contributed by atoms with Crippen LogP contribution in [-0.4, -0.2) is 47.7 Å². The van der Waals surface area contributed by atoms with E-state index in [1.807, 2.05) is 31.2 Å². The van der Waals surface area contributed by atoms with Gasteiger partial charge in [0.2, 0.25) is 0 Å². The van der Waals surface area contributed by atoms with Crippen molar-refractivity contribution in [2.75, 3.05) is 26.2 Å². The minimum atomic E-state index is -0.548. The van der Waals surface area contributed by atoms with Crippen LogP contribution in [0.5, 0.6) is 0 Å². The van der Waals surface area contributed by atoms with E-state index < -0.39 is 5.60 Å². The number of amides is 1. The molecule has 2 aliphatic rings. The summed E-state index contributed by atoms with van der Waals surface area (Å²) in [7, 11) is 0. The number of likely N-dealkylation sites (tertiary alicyclic amines) is 1. The maximum absolute atomic E-state index is 13.4. The third kappa shape index (κ3) is 5.11. The van der Waals surface area contributed by atoms with Gasteiger partial charge in [-0.1, -0.05) is 37.8 Å². The van der Waals surface area contributed by atoms with Gasteiger partial charge in [0.1, 0.15) is 11.6 Å². The lowest BCUT2D eigenvalue weighted by Gasteiger charge is -2.38. The minimum Gasteiger partial charge on any atom is -0.436 e. The number of piperidine rings is 1. The second kappa shape index (κ2) is 10.0. The topological polar surface area (TPSA) is 32.8 Å².